The Bertz CT molecular complexity index is 782. The van der Waals surface area contributed by atoms with Crippen molar-refractivity contribution in [3.05, 3.63) is 27.3 Å². The summed E-state index contributed by atoms with van der Waals surface area (Å²) >= 11 is 2.33. The van der Waals surface area contributed by atoms with Crippen molar-refractivity contribution in [1.82, 2.24) is 9.80 Å². The summed E-state index contributed by atoms with van der Waals surface area (Å²) < 4.78 is 5.03. The fourth-order valence-electron chi connectivity index (χ4n) is 2.96. The number of rotatable bonds is 6. The molecule has 0 bridgehead atoms. The molecule has 3 amide bonds. The number of amides is 3. The maximum absolute atomic E-state index is 12.4. The molecule has 1 aromatic heterocycles. The summed E-state index contributed by atoms with van der Waals surface area (Å²) in [6.45, 7) is 3.17. The number of carbonyl (C=O) groups is 4. The predicted molar refractivity (Wildman–Crippen MR) is 108 cm³/mol. The number of ether oxygens (including phenoxy) is 1. The lowest BCUT2D eigenvalue weighted by Crippen LogP contribution is -2.40. The molecule has 3 rings (SSSR count). The molecular formula is C19H22N2O5S2. The first kappa shape index (κ1) is 20.6. The van der Waals surface area contributed by atoms with Gasteiger partial charge in [0, 0.05) is 24.5 Å². The van der Waals surface area contributed by atoms with Crippen LogP contribution in [-0.4, -0.2) is 59.1 Å². The molecule has 0 spiro atoms. The molecule has 0 N–H and O–H groups in total. The Balaban J connectivity index is 1.43. The number of esters is 1. The number of imide groups is 1. The van der Waals surface area contributed by atoms with Crippen LogP contribution in [0.5, 0.6) is 0 Å². The van der Waals surface area contributed by atoms with Crippen molar-refractivity contribution in [1.29, 1.82) is 0 Å². The van der Waals surface area contributed by atoms with Crippen LogP contribution in [0.15, 0.2) is 22.4 Å². The maximum atomic E-state index is 12.4. The minimum atomic E-state index is -0.597. The molecule has 0 aliphatic carbocycles. The molecule has 150 valence electrons. The van der Waals surface area contributed by atoms with Crippen LogP contribution < -0.4 is 0 Å². The van der Waals surface area contributed by atoms with Crippen molar-refractivity contribution >= 4 is 52.2 Å². The molecule has 2 aliphatic heterocycles. The number of likely N-dealkylation sites (tertiary alicyclic amines) is 1. The number of piperidine rings is 1. The van der Waals surface area contributed by atoms with E-state index in [1.807, 2.05) is 17.5 Å². The van der Waals surface area contributed by atoms with Crippen LogP contribution in [0.1, 0.15) is 31.1 Å². The number of nitrogens with zero attached hydrogens (tertiary/aromatic N) is 2. The van der Waals surface area contributed by atoms with Crippen molar-refractivity contribution in [2.45, 2.75) is 26.2 Å². The average Bonchev–Trinajstić information content (AvgIpc) is 3.27. The van der Waals surface area contributed by atoms with Crippen molar-refractivity contribution in [3.8, 4) is 0 Å². The molecule has 2 aliphatic rings. The van der Waals surface area contributed by atoms with E-state index in [4.69, 9.17) is 4.74 Å². The third-order valence-corrected chi connectivity index (χ3v) is 6.45. The van der Waals surface area contributed by atoms with E-state index in [1.54, 1.807) is 11.0 Å². The van der Waals surface area contributed by atoms with Crippen molar-refractivity contribution in [2.24, 2.45) is 5.92 Å². The molecule has 9 heteroatoms. The van der Waals surface area contributed by atoms with E-state index >= 15 is 0 Å². The Kier molecular flexibility index (Phi) is 6.90. The van der Waals surface area contributed by atoms with Gasteiger partial charge in [-0.15, -0.1) is 11.3 Å². The van der Waals surface area contributed by atoms with Gasteiger partial charge in [-0.1, -0.05) is 13.0 Å². The lowest BCUT2D eigenvalue weighted by atomic mass is 9.99. The van der Waals surface area contributed by atoms with Crippen molar-refractivity contribution < 1.29 is 23.9 Å². The quantitative estimate of drug-likeness (QED) is 0.518. The lowest BCUT2D eigenvalue weighted by molar-refractivity contribution is -0.152. The van der Waals surface area contributed by atoms with Crippen molar-refractivity contribution in [2.75, 3.05) is 26.2 Å². The largest absolute Gasteiger partial charge is 0.456 e. The van der Waals surface area contributed by atoms with Gasteiger partial charge in [0.1, 0.15) is 0 Å². The monoisotopic (exact) mass is 422 g/mol. The van der Waals surface area contributed by atoms with Crippen LogP contribution in [-0.2, 0) is 19.1 Å². The SMILES string of the molecule is CC1CCN(C(=O)COC(=O)CCN2C(=O)S/C(=C/c3cccs3)C2=O)CC1. The van der Waals surface area contributed by atoms with E-state index in [-0.39, 0.29) is 25.5 Å². The van der Waals surface area contributed by atoms with E-state index in [0.29, 0.717) is 23.9 Å². The summed E-state index contributed by atoms with van der Waals surface area (Å²) in [5.74, 6) is -0.598. The number of thiophene rings is 1. The second-order valence-electron chi connectivity index (χ2n) is 6.82. The van der Waals surface area contributed by atoms with Crippen LogP contribution in [0.4, 0.5) is 4.79 Å². The molecule has 2 fully saturated rings. The van der Waals surface area contributed by atoms with Gasteiger partial charge in [0.15, 0.2) is 6.61 Å². The highest BCUT2D eigenvalue weighted by Gasteiger charge is 2.35. The first-order valence-electron chi connectivity index (χ1n) is 9.16. The number of hydrogen-bond acceptors (Lipinski definition) is 7. The third-order valence-electron chi connectivity index (χ3n) is 4.72. The summed E-state index contributed by atoms with van der Waals surface area (Å²) in [6, 6.07) is 3.72. The number of thioether (sulfide) groups is 1. The summed E-state index contributed by atoms with van der Waals surface area (Å²) in [4.78, 5) is 52.4. The molecule has 0 unspecified atom stereocenters. The van der Waals surface area contributed by atoms with E-state index < -0.39 is 17.1 Å². The topological polar surface area (TPSA) is 84.0 Å². The van der Waals surface area contributed by atoms with E-state index in [0.717, 1.165) is 34.4 Å². The Labute approximate surface area is 171 Å². The summed E-state index contributed by atoms with van der Waals surface area (Å²) in [5.41, 5.74) is 0. The molecular weight excluding hydrogens is 400 g/mol. The first-order valence-corrected chi connectivity index (χ1v) is 10.9. The zero-order valence-electron chi connectivity index (χ0n) is 15.6. The third kappa shape index (κ3) is 5.23. The van der Waals surface area contributed by atoms with Crippen LogP contribution >= 0.6 is 23.1 Å². The average molecular weight is 423 g/mol. The lowest BCUT2D eigenvalue weighted by Gasteiger charge is -2.30. The van der Waals surface area contributed by atoms with Gasteiger partial charge >= 0.3 is 5.97 Å². The van der Waals surface area contributed by atoms with Crippen LogP contribution in [0.2, 0.25) is 0 Å². The van der Waals surface area contributed by atoms with Crippen LogP contribution in [0, 0.1) is 5.92 Å². The molecule has 3 heterocycles. The van der Waals surface area contributed by atoms with E-state index in [1.165, 1.54) is 11.3 Å². The van der Waals surface area contributed by atoms with Gasteiger partial charge in [-0.05, 0) is 48.0 Å². The fraction of sp³-hybridized carbons (Fsp3) is 0.474. The Morgan fingerprint density at radius 3 is 2.71 bits per heavy atom. The number of carbonyl (C=O) groups excluding carboxylic acids is 4. The molecule has 0 saturated carbocycles. The van der Waals surface area contributed by atoms with Gasteiger partial charge in [0.25, 0.3) is 17.1 Å². The van der Waals surface area contributed by atoms with E-state index in [2.05, 4.69) is 6.92 Å². The second-order valence-corrected chi connectivity index (χ2v) is 8.80. The molecule has 2 saturated heterocycles. The Morgan fingerprint density at radius 1 is 1.29 bits per heavy atom. The summed E-state index contributed by atoms with van der Waals surface area (Å²) in [6.07, 6.45) is 3.45. The number of hydrogen-bond donors (Lipinski definition) is 0. The highest BCUT2D eigenvalue weighted by Crippen LogP contribution is 2.33. The van der Waals surface area contributed by atoms with Gasteiger partial charge < -0.3 is 9.64 Å². The Hall–Kier alpha value is -2.13. The fourth-order valence-corrected chi connectivity index (χ4v) is 4.55. The molecule has 0 atom stereocenters. The van der Waals surface area contributed by atoms with Gasteiger partial charge in [-0.3, -0.25) is 24.1 Å². The molecule has 0 aromatic carbocycles. The highest BCUT2D eigenvalue weighted by atomic mass is 32.2. The smallest absolute Gasteiger partial charge is 0.308 e. The highest BCUT2D eigenvalue weighted by molar-refractivity contribution is 8.18. The second kappa shape index (κ2) is 9.38. The van der Waals surface area contributed by atoms with Gasteiger partial charge in [-0.2, -0.15) is 0 Å². The molecule has 28 heavy (non-hydrogen) atoms. The molecule has 7 nitrogen and oxygen atoms in total. The first-order chi connectivity index (χ1) is 13.4. The molecule has 1 aromatic rings. The van der Waals surface area contributed by atoms with Crippen molar-refractivity contribution in [3.63, 3.8) is 0 Å². The maximum Gasteiger partial charge on any atom is 0.308 e. The van der Waals surface area contributed by atoms with Crippen LogP contribution in [0.3, 0.4) is 0 Å². The normalized spacial score (nSPS) is 19.5. The van der Waals surface area contributed by atoms with Gasteiger partial charge in [-0.25, -0.2) is 0 Å². The zero-order valence-corrected chi connectivity index (χ0v) is 17.2. The van der Waals surface area contributed by atoms with Gasteiger partial charge in [0.2, 0.25) is 0 Å². The minimum Gasteiger partial charge on any atom is -0.456 e. The predicted octanol–water partition coefficient (Wildman–Crippen LogP) is 2.98. The molecule has 0 radical (unpaired) electrons. The summed E-state index contributed by atoms with van der Waals surface area (Å²) in [5, 5.41) is 1.48. The zero-order chi connectivity index (χ0) is 20.1. The van der Waals surface area contributed by atoms with Crippen LogP contribution in [0.25, 0.3) is 6.08 Å². The standard InChI is InChI=1S/C19H22N2O5S2/c1-13-4-7-20(8-5-13)16(22)12-26-17(23)6-9-21-18(24)15(28-19(21)25)11-14-3-2-10-27-14/h2-3,10-11,13H,4-9,12H2,1H3/b15-11+. The summed E-state index contributed by atoms with van der Waals surface area (Å²) in [7, 11) is 0. The minimum absolute atomic E-state index is 0.0549. The van der Waals surface area contributed by atoms with E-state index in [9.17, 15) is 19.2 Å². The Morgan fingerprint density at radius 2 is 2.04 bits per heavy atom. The van der Waals surface area contributed by atoms with Gasteiger partial charge in [0.05, 0.1) is 11.3 Å².